The summed E-state index contributed by atoms with van der Waals surface area (Å²) in [5.74, 6) is 7.20. The lowest BCUT2D eigenvalue weighted by molar-refractivity contribution is 0.118. The first-order valence-corrected chi connectivity index (χ1v) is 7.89. The molecule has 2 atom stereocenters. The zero-order valence-electron chi connectivity index (χ0n) is 12.6. The van der Waals surface area contributed by atoms with Crippen molar-refractivity contribution in [1.29, 1.82) is 0 Å². The van der Waals surface area contributed by atoms with Crippen LogP contribution >= 0.6 is 0 Å². The van der Waals surface area contributed by atoms with Gasteiger partial charge in [-0.3, -0.25) is 5.43 Å². The van der Waals surface area contributed by atoms with E-state index in [-0.39, 0.29) is 6.10 Å². The second-order valence-corrected chi connectivity index (χ2v) is 6.09. The number of aromatic nitrogens is 3. The molecular formula is C14H24N6O. The minimum Gasteiger partial charge on any atom is -0.460 e. The standard InChI is InChI=1S/C14H24N6O/c1-10-5-4-6-11(9-10)21-14-17-12(19-15)16-13(18-14)20-7-2-3-8-20/h10-11H,2-9,15H2,1H3,(H,16,17,18,19). The number of hydrogen-bond donors (Lipinski definition) is 2. The fraction of sp³-hybridized carbons (Fsp3) is 0.786. The number of rotatable bonds is 4. The molecule has 7 heteroatoms. The summed E-state index contributed by atoms with van der Waals surface area (Å²) in [7, 11) is 0. The average molecular weight is 292 g/mol. The minimum absolute atomic E-state index is 0.202. The molecule has 21 heavy (non-hydrogen) atoms. The first-order valence-electron chi connectivity index (χ1n) is 7.89. The molecule has 0 radical (unpaired) electrons. The zero-order valence-corrected chi connectivity index (χ0v) is 12.6. The molecule has 2 unspecified atom stereocenters. The lowest BCUT2D eigenvalue weighted by atomic mass is 9.89. The Kier molecular flexibility index (Phi) is 4.38. The van der Waals surface area contributed by atoms with Crippen LogP contribution in [0.15, 0.2) is 0 Å². The number of nitrogens with one attached hydrogen (secondary N) is 1. The maximum Gasteiger partial charge on any atom is 0.323 e. The summed E-state index contributed by atoms with van der Waals surface area (Å²) in [5.41, 5.74) is 2.51. The molecule has 0 bridgehead atoms. The first kappa shape index (κ1) is 14.3. The predicted octanol–water partition coefficient (Wildman–Crippen LogP) is 1.71. The molecule has 1 aromatic heterocycles. The summed E-state index contributed by atoms with van der Waals surface area (Å²) >= 11 is 0. The molecule has 2 aliphatic rings. The summed E-state index contributed by atoms with van der Waals surface area (Å²) in [5, 5.41) is 0. The molecule has 1 aliphatic heterocycles. The van der Waals surface area contributed by atoms with Crippen molar-refractivity contribution in [2.75, 3.05) is 23.4 Å². The summed E-state index contributed by atoms with van der Waals surface area (Å²) in [6, 6.07) is 0.388. The van der Waals surface area contributed by atoms with Gasteiger partial charge in [0.25, 0.3) is 0 Å². The second-order valence-electron chi connectivity index (χ2n) is 6.09. The van der Waals surface area contributed by atoms with Crippen LogP contribution in [-0.2, 0) is 0 Å². The van der Waals surface area contributed by atoms with Gasteiger partial charge in [-0.15, -0.1) is 0 Å². The highest BCUT2D eigenvalue weighted by Gasteiger charge is 2.23. The Morgan fingerprint density at radius 3 is 2.67 bits per heavy atom. The van der Waals surface area contributed by atoms with Crippen molar-refractivity contribution in [3.05, 3.63) is 0 Å². The smallest absolute Gasteiger partial charge is 0.323 e. The van der Waals surface area contributed by atoms with Crippen LogP contribution in [0, 0.1) is 5.92 Å². The van der Waals surface area contributed by atoms with E-state index in [0.29, 0.717) is 23.8 Å². The first-order chi connectivity index (χ1) is 10.2. The molecule has 0 spiro atoms. The fourth-order valence-electron chi connectivity index (χ4n) is 3.16. The van der Waals surface area contributed by atoms with E-state index < -0.39 is 0 Å². The number of nitrogens with two attached hydrogens (primary N) is 1. The van der Waals surface area contributed by atoms with E-state index >= 15 is 0 Å². The van der Waals surface area contributed by atoms with Gasteiger partial charge in [-0.05, 0) is 38.0 Å². The van der Waals surface area contributed by atoms with Crippen LogP contribution in [0.3, 0.4) is 0 Å². The fourth-order valence-corrected chi connectivity index (χ4v) is 3.16. The highest BCUT2D eigenvalue weighted by atomic mass is 16.5. The van der Waals surface area contributed by atoms with Gasteiger partial charge in [0, 0.05) is 13.1 Å². The van der Waals surface area contributed by atoms with Crippen LogP contribution in [0.5, 0.6) is 6.01 Å². The summed E-state index contributed by atoms with van der Waals surface area (Å²) in [6.07, 6.45) is 7.18. The number of anilines is 2. The monoisotopic (exact) mass is 292 g/mol. The van der Waals surface area contributed by atoms with E-state index in [0.717, 1.165) is 25.9 Å². The van der Waals surface area contributed by atoms with Gasteiger partial charge in [-0.1, -0.05) is 13.3 Å². The van der Waals surface area contributed by atoms with Gasteiger partial charge in [0.05, 0.1) is 0 Å². The number of hydrazine groups is 1. The Morgan fingerprint density at radius 2 is 1.95 bits per heavy atom. The van der Waals surface area contributed by atoms with Crippen LogP contribution < -0.4 is 20.9 Å². The van der Waals surface area contributed by atoms with Crippen LogP contribution in [-0.4, -0.2) is 34.1 Å². The van der Waals surface area contributed by atoms with Gasteiger partial charge < -0.3 is 9.64 Å². The molecule has 2 fully saturated rings. The third-order valence-corrected chi connectivity index (χ3v) is 4.28. The zero-order chi connectivity index (χ0) is 14.7. The van der Waals surface area contributed by atoms with E-state index in [9.17, 15) is 0 Å². The molecule has 1 aliphatic carbocycles. The van der Waals surface area contributed by atoms with E-state index in [1.54, 1.807) is 0 Å². The highest BCUT2D eigenvalue weighted by Crippen LogP contribution is 2.27. The van der Waals surface area contributed by atoms with E-state index in [1.807, 2.05) is 0 Å². The normalized spacial score (nSPS) is 25.9. The van der Waals surface area contributed by atoms with Gasteiger partial charge in [0.15, 0.2) is 0 Å². The number of nitrogen functional groups attached to an aromatic ring is 1. The van der Waals surface area contributed by atoms with Crippen molar-refractivity contribution in [2.24, 2.45) is 11.8 Å². The van der Waals surface area contributed by atoms with E-state index in [4.69, 9.17) is 10.6 Å². The Morgan fingerprint density at radius 1 is 1.14 bits per heavy atom. The minimum atomic E-state index is 0.202. The molecule has 1 aromatic rings. The molecule has 0 amide bonds. The van der Waals surface area contributed by atoms with Crippen LogP contribution in [0.2, 0.25) is 0 Å². The Bertz CT molecular complexity index is 477. The van der Waals surface area contributed by atoms with E-state index in [1.165, 1.54) is 25.7 Å². The van der Waals surface area contributed by atoms with Gasteiger partial charge >= 0.3 is 6.01 Å². The average Bonchev–Trinajstić information content (AvgIpc) is 3.01. The van der Waals surface area contributed by atoms with Gasteiger partial charge in [0.1, 0.15) is 6.10 Å². The molecule has 7 nitrogen and oxygen atoms in total. The van der Waals surface area contributed by atoms with Crippen molar-refractivity contribution >= 4 is 11.9 Å². The third kappa shape index (κ3) is 3.53. The molecule has 3 rings (SSSR count). The third-order valence-electron chi connectivity index (χ3n) is 4.28. The SMILES string of the molecule is CC1CCCC(Oc2nc(NN)nc(N3CCCC3)n2)C1. The Labute approximate surface area is 125 Å². The molecule has 3 N–H and O–H groups in total. The molecular weight excluding hydrogens is 268 g/mol. The molecule has 2 heterocycles. The summed E-state index contributed by atoms with van der Waals surface area (Å²) in [6.45, 7) is 4.23. The number of hydrogen-bond acceptors (Lipinski definition) is 7. The van der Waals surface area contributed by atoms with Crippen molar-refractivity contribution in [2.45, 2.75) is 51.6 Å². The molecule has 1 saturated heterocycles. The number of nitrogens with zero attached hydrogens (tertiary/aromatic N) is 4. The largest absolute Gasteiger partial charge is 0.460 e. The Balaban J connectivity index is 1.75. The van der Waals surface area contributed by atoms with Crippen LogP contribution in [0.4, 0.5) is 11.9 Å². The van der Waals surface area contributed by atoms with Gasteiger partial charge in [-0.2, -0.15) is 15.0 Å². The summed E-state index contributed by atoms with van der Waals surface area (Å²) < 4.78 is 5.98. The topological polar surface area (TPSA) is 89.2 Å². The van der Waals surface area contributed by atoms with Gasteiger partial charge in [0.2, 0.25) is 11.9 Å². The van der Waals surface area contributed by atoms with Crippen molar-refractivity contribution in [1.82, 2.24) is 15.0 Å². The number of ether oxygens (including phenoxy) is 1. The van der Waals surface area contributed by atoms with Crippen molar-refractivity contribution < 1.29 is 4.74 Å². The van der Waals surface area contributed by atoms with Crippen LogP contribution in [0.1, 0.15) is 45.4 Å². The molecule has 0 aromatic carbocycles. The van der Waals surface area contributed by atoms with E-state index in [2.05, 4.69) is 32.2 Å². The van der Waals surface area contributed by atoms with Crippen molar-refractivity contribution in [3.8, 4) is 6.01 Å². The maximum atomic E-state index is 5.98. The van der Waals surface area contributed by atoms with Crippen molar-refractivity contribution in [3.63, 3.8) is 0 Å². The lowest BCUT2D eigenvalue weighted by Gasteiger charge is -2.26. The predicted molar refractivity (Wildman–Crippen MR) is 81.1 cm³/mol. The van der Waals surface area contributed by atoms with Gasteiger partial charge in [-0.25, -0.2) is 5.84 Å². The Hall–Kier alpha value is -1.63. The summed E-state index contributed by atoms with van der Waals surface area (Å²) in [4.78, 5) is 15.2. The molecule has 116 valence electrons. The highest BCUT2D eigenvalue weighted by molar-refractivity contribution is 5.38. The molecule has 1 saturated carbocycles. The lowest BCUT2D eigenvalue weighted by Crippen LogP contribution is -2.27. The second kappa shape index (κ2) is 6.43. The maximum absolute atomic E-state index is 5.98. The van der Waals surface area contributed by atoms with Crippen LogP contribution in [0.25, 0.3) is 0 Å². The quantitative estimate of drug-likeness (QED) is 0.645.